The van der Waals surface area contributed by atoms with Crippen LogP contribution in [0.25, 0.3) is 0 Å². The summed E-state index contributed by atoms with van der Waals surface area (Å²) in [5.41, 5.74) is 0. The number of hydrogen-bond donors (Lipinski definition) is 1. The number of halogens is 1. The molecular weight excluding hydrogens is 352 g/mol. The third kappa shape index (κ3) is 3.59. The summed E-state index contributed by atoms with van der Waals surface area (Å²) in [6.45, 7) is -0.237. The molecule has 1 aromatic carbocycles. The third-order valence-corrected chi connectivity index (χ3v) is 6.46. The van der Waals surface area contributed by atoms with Gasteiger partial charge in [0, 0.05) is 24.2 Å². The van der Waals surface area contributed by atoms with E-state index in [0.29, 0.717) is 5.02 Å². The lowest BCUT2D eigenvalue weighted by molar-refractivity contribution is -0.136. The van der Waals surface area contributed by atoms with Crippen molar-refractivity contribution in [3.63, 3.8) is 0 Å². The Balaban J connectivity index is 1.64. The zero-order chi connectivity index (χ0) is 17.3. The summed E-state index contributed by atoms with van der Waals surface area (Å²) in [7, 11) is -2.06. The Hall–Kier alpha value is -1.15. The lowest BCUT2D eigenvalue weighted by Crippen LogP contribution is -2.51. The molecule has 8 heteroatoms. The molecule has 3 rings (SSSR count). The summed E-state index contributed by atoms with van der Waals surface area (Å²) in [6, 6.07) is 6.28. The predicted molar refractivity (Wildman–Crippen MR) is 90.3 cm³/mol. The zero-order valence-corrected chi connectivity index (χ0v) is 15.0. The van der Waals surface area contributed by atoms with Crippen molar-refractivity contribution in [2.24, 2.45) is 0 Å². The Morgan fingerprint density at radius 3 is 2.58 bits per heavy atom. The van der Waals surface area contributed by atoms with E-state index in [1.54, 1.807) is 19.2 Å². The number of sulfonamides is 1. The molecule has 1 amide bonds. The molecule has 2 bridgehead atoms. The van der Waals surface area contributed by atoms with Gasteiger partial charge >= 0.3 is 0 Å². The highest BCUT2D eigenvalue weighted by Gasteiger charge is 2.43. The van der Waals surface area contributed by atoms with Crippen LogP contribution in [0.1, 0.15) is 25.7 Å². The molecule has 24 heavy (non-hydrogen) atoms. The fourth-order valence-electron chi connectivity index (χ4n) is 3.69. The number of methoxy groups -OCH3 is 1. The van der Waals surface area contributed by atoms with Crippen LogP contribution >= 0.6 is 11.6 Å². The first-order chi connectivity index (χ1) is 11.4. The molecule has 2 unspecified atom stereocenters. The maximum Gasteiger partial charge on any atom is 0.241 e. The summed E-state index contributed by atoms with van der Waals surface area (Å²) in [6.07, 6.45) is 3.74. The summed E-state index contributed by atoms with van der Waals surface area (Å²) in [4.78, 5) is 14.4. The number of nitrogens with zero attached hydrogens (tertiary/aromatic N) is 1. The van der Waals surface area contributed by atoms with E-state index in [2.05, 4.69) is 4.72 Å². The van der Waals surface area contributed by atoms with E-state index in [1.807, 2.05) is 4.90 Å². The van der Waals surface area contributed by atoms with E-state index >= 15 is 0 Å². The fourth-order valence-corrected chi connectivity index (χ4v) is 4.97. The largest absolute Gasteiger partial charge is 0.381 e. The molecule has 1 aromatic rings. The molecule has 2 fully saturated rings. The first-order valence-electron chi connectivity index (χ1n) is 8.00. The van der Waals surface area contributed by atoms with Gasteiger partial charge in [-0.25, -0.2) is 13.1 Å². The normalized spacial score (nSPS) is 26.6. The Morgan fingerprint density at radius 2 is 2.00 bits per heavy atom. The maximum atomic E-state index is 12.5. The van der Waals surface area contributed by atoms with Crippen molar-refractivity contribution in [3.8, 4) is 0 Å². The number of nitrogens with one attached hydrogen (secondary N) is 1. The highest BCUT2D eigenvalue weighted by molar-refractivity contribution is 7.89. The van der Waals surface area contributed by atoms with Crippen LogP contribution in [0.4, 0.5) is 0 Å². The average molecular weight is 373 g/mol. The van der Waals surface area contributed by atoms with Crippen LogP contribution in [0.3, 0.4) is 0 Å². The van der Waals surface area contributed by atoms with Crippen molar-refractivity contribution >= 4 is 27.5 Å². The van der Waals surface area contributed by atoms with Gasteiger partial charge in [-0.1, -0.05) is 17.7 Å². The molecule has 0 spiro atoms. The standard InChI is InChI=1S/C16H21ClN2O4S/c1-23-14-8-12-5-6-13(9-14)19(12)16(20)10-18-24(21,22)15-4-2-3-11(17)7-15/h2-4,7,12-14,18H,5-6,8-10H2,1H3. The Kier molecular flexibility index (Phi) is 5.15. The average Bonchev–Trinajstić information content (AvgIpc) is 2.83. The zero-order valence-electron chi connectivity index (χ0n) is 13.4. The van der Waals surface area contributed by atoms with Crippen LogP contribution in [0, 0.1) is 0 Å². The van der Waals surface area contributed by atoms with Crippen LogP contribution in [0.5, 0.6) is 0 Å². The Morgan fingerprint density at radius 1 is 1.33 bits per heavy atom. The van der Waals surface area contributed by atoms with E-state index in [4.69, 9.17) is 16.3 Å². The van der Waals surface area contributed by atoms with E-state index in [1.165, 1.54) is 12.1 Å². The molecule has 6 nitrogen and oxygen atoms in total. The molecule has 2 aliphatic rings. The highest BCUT2D eigenvalue weighted by atomic mass is 35.5. The number of ether oxygens (including phenoxy) is 1. The van der Waals surface area contributed by atoms with E-state index in [-0.39, 0.29) is 35.5 Å². The van der Waals surface area contributed by atoms with Crippen molar-refractivity contribution in [2.45, 2.75) is 48.8 Å². The topological polar surface area (TPSA) is 75.7 Å². The fraction of sp³-hybridized carbons (Fsp3) is 0.562. The molecule has 132 valence electrons. The first kappa shape index (κ1) is 17.7. The number of amides is 1. The van der Waals surface area contributed by atoms with Crippen molar-refractivity contribution in [2.75, 3.05) is 13.7 Å². The van der Waals surface area contributed by atoms with Gasteiger partial charge in [0.15, 0.2) is 0 Å². The molecule has 2 atom stereocenters. The summed E-state index contributed by atoms with van der Waals surface area (Å²) in [5, 5.41) is 0.337. The lowest BCUT2D eigenvalue weighted by atomic mass is 9.99. The van der Waals surface area contributed by atoms with Crippen LogP contribution < -0.4 is 4.72 Å². The SMILES string of the molecule is COC1CC2CCC(C1)N2C(=O)CNS(=O)(=O)c1cccc(Cl)c1. The van der Waals surface area contributed by atoms with E-state index < -0.39 is 10.0 Å². The molecule has 0 aliphatic carbocycles. The van der Waals surface area contributed by atoms with Crippen LogP contribution in [-0.2, 0) is 19.6 Å². The summed E-state index contributed by atoms with van der Waals surface area (Å²) < 4.78 is 32.4. The summed E-state index contributed by atoms with van der Waals surface area (Å²) >= 11 is 5.83. The monoisotopic (exact) mass is 372 g/mol. The molecule has 0 radical (unpaired) electrons. The smallest absolute Gasteiger partial charge is 0.241 e. The Bertz CT molecular complexity index is 711. The minimum absolute atomic E-state index is 0.0591. The van der Waals surface area contributed by atoms with Gasteiger partial charge in [-0.05, 0) is 43.9 Å². The quantitative estimate of drug-likeness (QED) is 0.854. The number of carbonyl (C=O) groups is 1. The number of benzene rings is 1. The molecular formula is C16H21ClN2O4S. The molecule has 2 heterocycles. The number of fused-ring (bicyclic) bond motifs is 2. The number of rotatable bonds is 5. The highest BCUT2D eigenvalue weighted by Crippen LogP contribution is 2.36. The second-order valence-corrected chi connectivity index (χ2v) is 8.50. The van der Waals surface area contributed by atoms with Gasteiger partial charge in [0.05, 0.1) is 17.5 Å². The van der Waals surface area contributed by atoms with Gasteiger partial charge in [-0.15, -0.1) is 0 Å². The predicted octanol–water partition coefficient (Wildman–Crippen LogP) is 1.79. The Labute approximate surface area is 147 Å². The number of carbonyl (C=O) groups excluding carboxylic acids is 1. The van der Waals surface area contributed by atoms with Gasteiger partial charge in [-0.2, -0.15) is 0 Å². The van der Waals surface area contributed by atoms with Crippen molar-refractivity contribution in [3.05, 3.63) is 29.3 Å². The van der Waals surface area contributed by atoms with Crippen LogP contribution in [0.2, 0.25) is 5.02 Å². The molecule has 0 aromatic heterocycles. The van der Waals surface area contributed by atoms with Crippen LogP contribution in [0.15, 0.2) is 29.2 Å². The minimum atomic E-state index is -3.75. The number of hydrogen-bond acceptors (Lipinski definition) is 4. The summed E-state index contributed by atoms with van der Waals surface area (Å²) in [5.74, 6) is -0.178. The lowest BCUT2D eigenvalue weighted by Gasteiger charge is -2.38. The minimum Gasteiger partial charge on any atom is -0.381 e. The van der Waals surface area contributed by atoms with Gasteiger partial charge in [0.1, 0.15) is 0 Å². The third-order valence-electron chi connectivity index (χ3n) is 4.83. The molecule has 2 aliphatic heterocycles. The molecule has 0 saturated carbocycles. The van der Waals surface area contributed by atoms with Crippen molar-refractivity contribution in [1.82, 2.24) is 9.62 Å². The van der Waals surface area contributed by atoms with Crippen LogP contribution in [-0.4, -0.2) is 51.1 Å². The maximum absolute atomic E-state index is 12.5. The second kappa shape index (κ2) is 7.00. The molecule has 1 N–H and O–H groups in total. The van der Waals surface area contributed by atoms with Gasteiger partial charge in [-0.3, -0.25) is 4.79 Å². The van der Waals surface area contributed by atoms with Gasteiger partial charge in [0.25, 0.3) is 0 Å². The van der Waals surface area contributed by atoms with Crippen molar-refractivity contribution in [1.29, 1.82) is 0 Å². The molecule has 2 saturated heterocycles. The van der Waals surface area contributed by atoms with Crippen molar-refractivity contribution < 1.29 is 17.9 Å². The second-order valence-electron chi connectivity index (χ2n) is 6.30. The van der Waals surface area contributed by atoms with Gasteiger partial charge < -0.3 is 9.64 Å². The number of piperidine rings is 1. The van der Waals surface area contributed by atoms with Gasteiger partial charge in [0.2, 0.25) is 15.9 Å². The van der Waals surface area contributed by atoms with E-state index in [0.717, 1.165) is 25.7 Å². The van der Waals surface area contributed by atoms with E-state index in [9.17, 15) is 13.2 Å². The first-order valence-corrected chi connectivity index (χ1v) is 9.86.